The summed E-state index contributed by atoms with van der Waals surface area (Å²) in [6, 6.07) is 8.56. The van der Waals surface area contributed by atoms with Gasteiger partial charge in [-0.15, -0.1) is 0 Å². The predicted octanol–water partition coefficient (Wildman–Crippen LogP) is 3.44. The first-order valence-corrected chi connectivity index (χ1v) is 6.03. The lowest BCUT2D eigenvalue weighted by Gasteiger charge is -2.28. The van der Waals surface area contributed by atoms with E-state index in [1.165, 1.54) is 29.5 Å². The van der Waals surface area contributed by atoms with Crippen molar-refractivity contribution in [2.24, 2.45) is 5.92 Å². The van der Waals surface area contributed by atoms with Crippen molar-refractivity contribution >= 4 is 21.6 Å². The maximum atomic E-state index is 3.63. The Morgan fingerprint density at radius 2 is 2.21 bits per heavy atom. The highest BCUT2D eigenvalue weighted by Gasteiger charge is 2.58. The van der Waals surface area contributed by atoms with Crippen LogP contribution in [0, 0.1) is 5.92 Å². The molecular formula is C12H14BrN. The maximum Gasteiger partial charge on any atom is 0.0515 e. The first-order chi connectivity index (χ1) is 6.72. The average molecular weight is 252 g/mol. The van der Waals surface area contributed by atoms with Crippen LogP contribution < -0.4 is 4.90 Å². The highest BCUT2D eigenvalue weighted by Crippen LogP contribution is 2.57. The number of hydrogen-bond acceptors (Lipinski definition) is 1. The molecule has 2 fully saturated rings. The summed E-state index contributed by atoms with van der Waals surface area (Å²) < 4.78 is 1.23. The van der Waals surface area contributed by atoms with Crippen molar-refractivity contribution < 1.29 is 0 Å². The van der Waals surface area contributed by atoms with Gasteiger partial charge in [-0.2, -0.15) is 0 Å². The minimum atomic E-state index is 0.476. The van der Waals surface area contributed by atoms with E-state index >= 15 is 0 Å². The van der Waals surface area contributed by atoms with E-state index in [2.05, 4.69) is 52.0 Å². The number of piperidine rings is 1. The smallest absolute Gasteiger partial charge is 0.0515 e. The number of halogens is 1. The molecule has 1 heterocycles. The molecule has 0 amide bonds. The Hall–Kier alpha value is -0.500. The number of rotatable bonds is 1. The number of fused-ring (bicyclic) bond motifs is 1. The predicted molar refractivity (Wildman–Crippen MR) is 62.6 cm³/mol. The molecular weight excluding hydrogens is 238 g/mol. The first-order valence-electron chi connectivity index (χ1n) is 5.24. The Morgan fingerprint density at radius 1 is 1.43 bits per heavy atom. The third-order valence-electron chi connectivity index (χ3n) is 3.84. The monoisotopic (exact) mass is 251 g/mol. The van der Waals surface area contributed by atoms with Crippen LogP contribution in [0.4, 0.5) is 5.69 Å². The molecule has 0 aromatic heterocycles. The Bertz CT molecular complexity index is 374. The van der Waals surface area contributed by atoms with Crippen LogP contribution in [-0.4, -0.2) is 12.1 Å². The topological polar surface area (TPSA) is 3.24 Å². The fourth-order valence-corrected chi connectivity index (χ4v) is 3.29. The Morgan fingerprint density at radius 3 is 2.79 bits per heavy atom. The van der Waals surface area contributed by atoms with E-state index in [0.717, 1.165) is 5.92 Å². The summed E-state index contributed by atoms with van der Waals surface area (Å²) >= 11 is 3.63. The van der Waals surface area contributed by atoms with Crippen molar-refractivity contribution in [3.05, 3.63) is 28.7 Å². The van der Waals surface area contributed by atoms with E-state index in [1.54, 1.807) is 0 Å². The van der Waals surface area contributed by atoms with Crippen molar-refractivity contribution in [3.8, 4) is 0 Å². The number of hydrogen-bond donors (Lipinski definition) is 0. The SMILES string of the molecule is C[C@@]12C[C@H]1CCN2c1ccccc1Br. The molecule has 0 N–H and O–H groups in total. The molecule has 74 valence electrons. The Kier molecular flexibility index (Phi) is 1.73. The van der Waals surface area contributed by atoms with E-state index in [1.807, 2.05) is 0 Å². The molecule has 1 saturated heterocycles. The molecule has 14 heavy (non-hydrogen) atoms. The summed E-state index contributed by atoms with van der Waals surface area (Å²) in [5.41, 5.74) is 1.85. The van der Waals surface area contributed by atoms with Gasteiger partial charge in [-0.1, -0.05) is 12.1 Å². The molecule has 1 nitrogen and oxygen atoms in total. The molecule has 0 spiro atoms. The van der Waals surface area contributed by atoms with E-state index in [4.69, 9.17) is 0 Å². The van der Waals surface area contributed by atoms with Gasteiger partial charge in [0.15, 0.2) is 0 Å². The van der Waals surface area contributed by atoms with Crippen LogP contribution >= 0.6 is 15.9 Å². The normalized spacial score (nSPS) is 34.4. The average Bonchev–Trinajstić information content (AvgIpc) is 2.72. The Labute approximate surface area is 93.2 Å². The van der Waals surface area contributed by atoms with Crippen molar-refractivity contribution in [2.45, 2.75) is 25.3 Å². The summed E-state index contributed by atoms with van der Waals surface area (Å²) in [5.74, 6) is 0.953. The fourth-order valence-electron chi connectivity index (χ4n) is 2.79. The summed E-state index contributed by atoms with van der Waals surface area (Å²) in [5, 5.41) is 0. The molecule has 0 unspecified atom stereocenters. The third-order valence-corrected chi connectivity index (χ3v) is 4.51. The van der Waals surface area contributed by atoms with E-state index in [0.29, 0.717) is 5.54 Å². The van der Waals surface area contributed by atoms with E-state index in [-0.39, 0.29) is 0 Å². The van der Waals surface area contributed by atoms with E-state index in [9.17, 15) is 0 Å². The molecule has 1 aromatic rings. The minimum Gasteiger partial charge on any atom is -0.365 e. The largest absolute Gasteiger partial charge is 0.365 e. The van der Waals surface area contributed by atoms with Gasteiger partial charge in [0.05, 0.1) is 5.69 Å². The number of para-hydroxylation sites is 1. The molecule has 0 radical (unpaired) electrons. The van der Waals surface area contributed by atoms with Gasteiger partial charge in [-0.3, -0.25) is 0 Å². The second-order valence-corrected chi connectivity index (χ2v) is 5.50. The molecule has 2 atom stereocenters. The minimum absolute atomic E-state index is 0.476. The molecule has 3 rings (SSSR count). The lowest BCUT2D eigenvalue weighted by atomic mass is 10.2. The third kappa shape index (κ3) is 1.07. The zero-order valence-electron chi connectivity index (χ0n) is 8.33. The summed E-state index contributed by atoms with van der Waals surface area (Å²) in [7, 11) is 0. The Balaban J connectivity index is 2.00. The van der Waals surface area contributed by atoms with Crippen LogP contribution in [0.15, 0.2) is 28.7 Å². The second-order valence-electron chi connectivity index (χ2n) is 4.65. The highest BCUT2D eigenvalue weighted by molar-refractivity contribution is 9.10. The van der Waals surface area contributed by atoms with Crippen molar-refractivity contribution in [2.75, 3.05) is 11.4 Å². The lowest BCUT2D eigenvalue weighted by molar-refractivity contribution is 0.687. The zero-order valence-corrected chi connectivity index (χ0v) is 9.92. The van der Waals surface area contributed by atoms with Crippen LogP contribution in [0.1, 0.15) is 19.8 Å². The maximum absolute atomic E-state index is 3.63. The molecule has 1 aromatic carbocycles. The van der Waals surface area contributed by atoms with E-state index < -0.39 is 0 Å². The molecule has 1 saturated carbocycles. The molecule has 2 heteroatoms. The van der Waals surface area contributed by atoms with Gasteiger partial charge < -0.3 is 4.90 Å². The van der Waals surface area contributed by atoms with Crippen LogP contribution in [0.5, 0.6) is 0 Å². The lowest BCUT2D eigenvalue weighted by Crippen LogP contribution is -2.32. The summed E-state index contributed by atoms with van der Waals surface area (Å²) in [6.07, 6.45) is 2.76. The van der Waals surface area contributed by atoms with Crippen LogP contribution in [0.2, 0.25) is 0 Å². The van der Waals surface area contributed by atoms with Gasteiger partial charge in [-0.05, 0) is 53.7 Å². The van der Waals surface area contributed by atoms with Gasteiger partial charge in [0, 0.05) is 16.6 Å². The fraction of sp³-hybridized carbons (Fsp3) is 0.500. The standard InChI is InChI=1S/C12H14BrN/c1-12-8-9(12)6-7-14(12)11-5-3-2-4-10(11)13/h2-5,9H,6-8H2,1H3/t9-,12-/m1/s1. The van der Waals surface area contributed by atoms with Gasteiger partial charge in [0.1, 0.15) is 0 Å². The van der Waals surface area contributed by atoms with Crippen LogP contribution in [0.25, 0.3) is 0 Å². The molecule has 0 bridgehead atoms. The second kappa shape index (κ2) is 2.75. The number of anilines is 1. The number of benzene rings is 1. The van der Waals surface area contributed by atoms with Gasteiger partial charge in [0.2, 0.25) is 0 Å². The van der Waals surface area contributed by atoms with Gasteiger partial charge >= 0.3 is 0 Å². The number of nitrogens with zero attached hydrogens (tertiary/aromatic N) is 1. The first kappa shape index (κ1) is 8.78. The van der Waals surface area contributed by atoms with Crippen LogP contribution in [-0.2, 0) is 0 Å². The summed E-state index contributed by atoms with van der Waals surface area (Å²) in [6.45, 7) is 3.62. The van der Waals surface area contributed by atoms with Crippen molar-refractivity contribution in [1.82, 2.24) is 0 Å². The quantitative estimate of drug-likeness (QED) is 0.740. The van der Waals surface area contributed by atoms with Crippen LogP contribution in [0.3, 0.4) is 0 Å². The molecule has 1 aliphatic carbocycles. The molecule has 2 aliphatic rings. The zero-order chi connectivity index (χ0) is 9.76. The van der Waals surface area contributed by atoms with Gasteiger partial charge in [0.25, 0.3) is 0 Å². The molecule has 1 aliphatic heterocycles. The van der Waals surface area contributed by atoms with Crippen molar-refractivity contribution in [1.29, 1.82) is 0 Å². The summed E-state index contributed by atoms with van der Waals surface area (Å²) in [4.78, 5) is 2.57. The van der Waals surface area contributed by atoms with Gasteiger partial charge in [-0.25, -0.2) is 0 Å². The highest BCUT2D eigenvalue weighted by atomic mass is 79.9. The van der Waals surface area contributed by atoms with Crippen molar-refractivity contribution in [3.63, 3.8) is 0 Å².